The summed E-state index contributed by atoms with van der Waals surface area (Å²) in [5.74, 6) is 0.954. The lowest BCUT2D eigenvalue weighted by molar-refractivity contribution is -0.149. The molecule has 27 heavy (non-hydrogen) atoms. The first-order chi connectivity index (χ1) is 13.2. The van der Waals surface area contributed by atoms with Gasteiger partial charge in [-0.1, -0.05) is 24.3 Å². The lowest BCUT2D eigenvalue weighted by Crippen LogP contribution is -2.33. The smallest absolute Gasteiger partial charge is 0.333 e. The summed E-state index contributed by atoms with van der Waals surface area (Å²) in [6.45, 7) is 4.65. The Morgan fingerprint density at radius 2 is 2.00 bits per heavy atom. The first-order valence-corrected chi connectivity index (χ1v) is 10.2. The van der Waals surface area contributed by atoms with Gasteiger partial charge in [0.1, 0.15) is 12.4 Å². The van der Waals surface area contributed by atoms with Crippen LogP contribution in [-0.2, 0) is 16.0 Å². The van der Waals surface area contributed by atoms with Crippen molar-refractivity contribution in [2.45, 2.75) is 24.3 Å². The summed E-state index contributed by atoms with van der Waals surface area (Å²) < 4.78 is 11.1. The van der Waals surface area contributed by atoms with E-state index in [0.717, 1.165) is 30.2 Å². The molecule has 1 heterocycles. The Hall–Kier alpha value is -2.18. The molecule has 0 radical (unpaired) electrons. The number of para-hydroxylation sites is 1. The predicted molar refractivity (Wildman–Crippen MR) is 108 cm³/mol. The quantitative estimate of drug-likeness (QED) is 0.708. The number of thioether (sulfide) groups is 1. The van der Waals surface area contributed by atoms with Gasteiger partial charge in [0.15, 0.2) is 6.10 Å². The monoisotopic (exact) mass is 387 g/mol. The number of aliphatic carboxylic acids is 1. The summed E-state index contributed by atoms with van der Waals surface area (Å²) in [5.41, 5.74) is 2.20. The molecule has 0 aliphatic carbocycles. The largest absolute Gasteiger partial charge is 0.492 e. The van der Waals surface area contributed by atoms with E-state index in [4.69, 9.17) is 9.47 Å². The van der Waals surface area contributed by atoms with Crippen molar-refractivity contribution in [1.82, 2.24) is 0 Å². The van der Waals surface area contributed by atoms with Gasteiger partial charge in [0, 0.05) is 30.2 Å². The maximum absolute atomic E-state index is 11.2. The molecule has 1 atom stereocenters. The Morgan fingerprint density at radius 3 is 2.74 bits per heavy atom. The molecule has 6 heteroatoms. The molecule has 0 aromatic heterocycles. The predicted octanol–water partition coefficient (Wildman–Crippen LogP) is 3.71. The van der Waals surface area contributed by atoms with E-state index in [1.54, 1.807) is 6.92 Å². The molecule has 0 saturated carbocycles. The molecule has 0 fully saturated rings. The first-order valence-electron chi connectivity index (χ1n) is 9.20. The van der Waals surface area contributed by atoms with E-state index in [9.17, 15) is 9.90 Å². The zero-order chi connectivity index (χ0) is 19.1. The molecule has 2 aromatic rings. The molecular formula is C21H25NO4S. The Balaban J connectivity index is 1.50. The summed E-state index contributed by atoms with van der Waals surface area (Å²) in [5, 5.41) is 9.17. The second-order valence-corrected chi connectivity index (χ2v) is 7.42. The van der Waals surface area contributed by atoms with E-state index in [1.165, 1.54) is 10.6 Å². The van der Waals surface area contributed by atoms with Crippen molar-refractivity contribution in [3.05, 3.63) is 54.1 Å². The lowest BCUT2D eigenvalue weighted by atomic mass is 10.1. The zero-order valence-corrected chi connectivity index (χ0v) is 16.3. The van der Waals surface area contributed by atoms with Crippen LogP contribution in [0.15, 0.2) is 53.4 Å². The molecular weight excluding hydrogens is 362 g/mol. The van der Waals surface area contributed by atoms with Gasteiger partial charge < -0.3 is 19.5 Å². The van der Waals surface area contributed by atoms with Crippen molar-refractivity contribution in [1.29, 1.82) is 0 Å². The normalized spacial score (nSPS) is 14.5. The Morgan fingerprint density at radius 1 is 1.22 bits per heavy atom. The zero-order valence-electron chi connectivity index (χ0n) is 15.5. The highest BCUT2D eigenvalue weighted by Crippen LogP contribution is 2.33. The fraction of sp³-hybridized carbons (Fsp3) is 0.381. The summed E-state index contributed by atoms with van der Waals surface area (Å²) in [6.07, 6.45) is -0.454. The Labute approximate surface area is 164 Å². The number of ether oxygens (including phenoxy) is 2. The van der Waals surface area contributed by atoms with Crippen LogP contribution in [0.25, 0.3) is 0 Å². The molecule has 0 saturated heterocycles. The van der Waals surface area contributed by atoms with Crippen molar-refractivity contribution < 1.29 is 19.4 Å². The highest BCUT2D eigenvalue weighted by molar-refractivity contribution is 7.99. The molecule has 0 unspecified atom stereocenters. The van der Waals surface area contributed by atoms with Gasteiger partial charge in [0.2, 0.25) is 0 Å². The molecule has 5 nitrogen and oxygen atoms in total. The third-order valence-electron chi connectivity index (χ3n) is 4.44. The Bertz CT molecular complexity index is 750. The van der Waals surface area contributed by atoms with Gasteiger partial charge in [-0.05, 0) is 36.8 Å². The van der Waals surface area contributed by atoms with Gasteiger partial charge >= 0.3 is 5.97 Å². The summed E-state index contributed by atoms with van der Waals surface area (Å²) in [7, 11) is 0. The average Bonchev–Trinajstić information content (AvgIpc) is 2.69. The van der Waals surface area contributed by atoms with Gasteiger partial charge in [0.25, 0.3) is 0 Å². The molecule has 1 N–H and O–H groups in total. The van der Waals surface area contributed by atoms with Crippen LogP contribution >= 0.6 is 11.8 Å². The van der Waals surface area contributed by atoms with E-state index in [1.807, 2.05) is 36.0 Å². The standard InChI is InChI=1S/C21H25NO4S/c1-2-25-19(21(23)24)15-16-7-9-17(10-8-16)26-13-11-22-12-14-27-20-6-4-3-5-18(20)22/h3-10,19H,2,11-15H2,1H3,(H,23,24)/t19-/m0/s1. The van der Waals surface area contributed by atoms with E-state index >= 15 is 0 Å². The van der Waals surface area contributed by atoms with Crippen LogP contribution in [0.3, 0.4) is 0 Å². The molecule has 0 bridgehead atoms. The SMILES string of the molecule is CCO[C@@H](Cc1ccc(OCCN2CCSc3ccccc32)cc1)C(=O)O. The third kappa shape index (κ3) is 5.40. The van der Waals surface area contributed by atoms with Crippen LogP contribution in [0.5, 0.6) is 5.75 Å². The van der Waals surface area contributed by atoms with Gasteiger partial charge in [-0.15, -0.1) is 11.8 Å². The highest BCUT2D eigenvalue weighted by Gasteiger charge is 2.18. The fourth-order valence-corrected chi connectivity index (χ4v) is 4.14. The molecule has 0 amide bonds. The van der Waals surface area contributed by atoms with Crippen LogP contribution in [0.4, 0.5) is 5.69 Å². The summed E-state index contributed by atoms with van der Waals surface area (Å²) in [6, 6.07) is 16.1. The molecule has 2 aromatic carbocycles. The second-order valence-electron chi connectivity index (χ2n) is 6.28. The number of carboxylic acid groups (broad SMARTS) is 1. The average molecular weight is 388 g/mol. The fourth-order valence-electron chi connectivity index (χ4n) is 3.09. The highest BCUT2D eigenvalue weighted by atomic mass is 32.2. The van der Waals surface area contributed by atoms with E-state index < -0.39 is 12.1 Å². The number of rotatable bonds is 9. The number of carbonyl (C=O) groups is 1. The van der Waals surface area contributed by atoms with Gasteiger partial charge in [0.05, 0.1) is 12.2 Å². The Kier molecular flexibility index (Phi) is 7.01. The second kappa shape index (κ2) is 9.67. The number of hydrogen-bond donors (Lipinski definition) is 1. The van der Waals surface area contributed by atoms with Crippen LogP contribution in [0.2, 0.25) is 0 Å². The molecule has 1 aliphatic rings. The number of benzene rings is 2. The summed E-state index contributed by atoms with van der Waals surface area (Å²) in [4.78, 5) is 14.9. The van der Waals surface area contributed by atoms with Crippen LogP contribution < -0.4 is 9.64 Å². The van der Waals surface area contributed by atoms with E-state index in [-0.39, 0.29) is 0 Å². The van der Waals surface area contributed by atoms with E-state index in [0.29, 0.717) is 19.6 Å². The van der Waals surface area contributed by atoms with Crippen molar-refractivity contribution in [3.63, 3.8) is 0 Å². The lowest BCUT2D eigenvalue weighted by Gasteiger charge is -2.30. The van der Waals surface area contributed by atoms with Crippen molar-refractivity contribution in [3.8, 4) is 5.75 Å². The maximum atomic E-state index is 11.2. The van der Waals surface area contributed by atoms with Crippen LogP contribution in [0.1, 0.15) is 12.5 Å². The maximum Gasteiger partial charge on any atom is 0.333 e. The number of nitrogens with zero attached hydrogens (tertiary/aromatic N) is 1. The minimum atomic E-state index is -0.933. The van der Waals surface area contributed by atoms with Crippen molar-refractivity contribution in [2.24, 2.45) is 0 Å². The van der Waals surface area contributed by atoms with Crippen molar-refractivity contribution >= 4 is 23.4 Å². The van der Waals surface area contributed by atoms with Gasteiger partial charge in [-0.25, -0.2) is 4.79 Å². The molecule has 144 valence electrons. The number of hydrogen-bond acceptors (Lipinski definition) is 5. The third-order valence-corrected chi connectivity index (χ3v) is 5.49. The topological polar surface area (TPSA) is 59.0 Å². The molecule has 0 spiro atoms. The van der Waals surface area contributed by atoms with Crippen LogP contribution in [-0.4, -0.2) is 49.2 Å². The van der Waals surface area contributed by atoms with Gasteiger partial charge in [-0.2, -0.15) is 0 Å². The van der Waals surface area contributed by atoms with Crippen molar-refractivity contribution in [2.75, 3.05) is 37.0 Å². The number of fused-ring (bicyclic) bond motifs is 1. The van der Waals surface area contributed by atoms with Gasteiger partial charge in [-0.3, -0.25) is 0 Å². The molecule has 3 rings (SSSR count). The van der Waals surface area contributed by atoms with Crippen LogP contribution in [0, 0.1) is 0 Å². The number of carboxylic acids is 1. The minimum Gasteiger partial charge on any atom is -0.492 e. The minimum absolute atomic E-state index is 0.353. The molecule has 1 aliphatic heterocycles. The first kappa shape index (κ1) is 19.6. The number of anilines is 1. The van der Waals surface area contributed by atoms with E-state index in [2.05, 4.69) is 29.2 Å². The summed E-state index contributed by atoms with van der Waals surface area (Å²) >= 11 is 1.90.